The van der Waals surface area contributed by atoms with Crippen molar-refractivity contribution < 1.29 is 4.74 Å². The molecular formula is C16H18N4O. The summed E-state index contributed by atoms with van der Waals surface area (Å²) < 4.78 is 7.00. The number of methoxy groups -OCH3 is 1. The molecule has 0 aliphatic heterocycles. The standard InChI is InChI=1S/C16H18N4O/c1-12-8-15-16(17-6-7-20(15)19-12)18-10-13-4-3-5-14(9-13)11-21-2/h3-9H,10-11H2,1-2H3,(H,17,18). The van der Waals surface area contributed by atoms with Crippen molar-refractivity contribution >= 4 is 11.3 Å². The number of hydrogen-bond donors (Lipinski definition) is 1. The summed E-state index contributed by atoms with van der Waals surface area (Å²) >= 11 is 0. The highest BCUT2D eigenvalue weighted by Crippen LogP contribution is 2.16. The molecule has 0 atom stereocenters. The number of hydrogen-bond acceptors (Lipinski definition) is 4. The lowest BCUT2D eigenvalue weighted by Gasteiger charge is -2.08. The van der Waals surface area contributed by atoms with Gasteiger partial charge in [0.15, 0.2) is 5.82 Å². The minimum Gasteiger partial charge on any atom is -0.380 e. The summed E-state index contributed by atoms with van der Waals surface area (Å²) in [6.45, 7) is 3.32. The zero-order valence-electron chi connectivity index (χ0n) is 12.2. The maximum absolute atomic E-state index is 5.16. The molecule has 2 aromatic heterocycles. The van der Waals surface area contributed by atoms with Gasteiger partial charge < -0.3 is 10.1 Å². The molecule has 0 fully saturated rings. The van der Waals surface area contributed by atoms with E-state index in [1.807, 2.05) is 29.8 Å². The molecule has 0 aliphatic carbocycles. The van der Waals surface area contributed by atoms with Crippen molar-refractivity contribution in [1.29, 1.82) is 0 Å². The van der Waals surface area contributed by atoms with Crippen LogP contribution in [0.25, 0.3) is 5.52 Å². The van der Waals surface area contributed by atoms with Crippen molar-refractivity contribution in [2.24, 2.45) is 0 Å². The molecule has 0 aliphatic rings. The molecule has 1 aromatic carbocycles. The number of nitrogens with zero attached hydrogens (tertiary/aromatic N) is 3. The fourth-order valence-electron chi connectivity index (χ4n) is 2.36. The molecule has 0 spiro atoms. The highest BCUT2D eigenvalue weighted by molar-refractivity contribution is 5.67. The Kier molecular flexibility index (Phi) is 3.83. The molecule has 0 saturated heterocycles. The van der Waals surface area contributed by atoms with Crippen LogP contribution in [0, 0.1) is 6.92 Å². The summed E-state index contributed by atoms with van der Waals surface area (Å²) in [5.74, 6) is 0.843. The normalized spacial score (nSPS) is 11.0. The highest BCUT2D eigenvalue weighted by Gasteiger charge is 2.05. The average Bonchev–Trinajstić information content (AvgIpc) is 2.86. The van der Waals surface area contributed by atoms with E-state index in [1.54, 1.807) is 13.3 Å². The SMILES string of the molecule is COCc1cccc(CNc2nccn3nc(C)cc23)c1. The lowest BCUT2D eigenvalue weighted by molar-refractivity contribution is 0.185. The summed E-state index contributed by atoms with van der Waals surface area (Å²) in [6, 6.07) is 10.4. The number of nitrogens with one attached hydrogen (secondary N) is 1. The molecular weight excluding hydrogens is 264 g/mol. The number of aromatic nitrogens is 3. The smallest absolute Gasteiger partial charge is 0.152 e. The van der Waals surface area contributed by atoms with Crippen LogP contribution in [0.2, 0.25) is 0 Å². The van der Waals surface area contributed by atoms with E-state index in [-0.39, 0.29) is 0 Å². The van der Waals surface area contributed by atoms with Crippen molar-refractivity contribution in [3.63, 3.8) is 0 Å². The van der Waals surface area contributed by atoms with Gasteiger partial charge in [0.25, 0.3) is 0 Å². The third kappa shape index (κ3) is 3.03. The van der Waals surface area contributed by atoms with E-state index in [1.165, 1.54) is 11.1 Å². The molecule has 21 heavy (non-hydrogen) atoms. The van der Waals surface area contributed by atoms with Gasteiger partial charge in [-0.05, 0) is 24.1 Å². The van der Waals surface area contributed by atoms with Crippen molar-refractivity contribution in [2.75, 3.05) is 12.4 Å². The Morgan fingerprint density at radius 2 is 2.10 bits per heavy atom. The Hall–Kier alpha value is -2.40. The van der Waals surface area contributed by atoms with E-state index in [2.05, 4.69) is 33.6 Å². The third-order valence-corrected chi connectivity index (χ3v) is 3.27. The maximum Gasteiger partial charge on any atom is 0.152 e. The van der Waals surface area contributed by atoms with Crippen molar-refractivity contribution in [2.45, 2.75) is 20.1 Å². The van der Waals surface area contributed by atoms with Crippen LogP contribution in [-0.4, -0.2) is 21.7 Å². The van der Waals surface area contributed by atoms with Crippen LogP contribution in [0.3, 0.4) is 0 Å². The van der Waals surface area contributed by atoms with Crippen LogP contribution in [0.15, 0.2) is 42.7 Å². The van der Waals surface area contributed by atoms with Gasteiger partial charge in [0, 0.05) is 26.0 Å². The molecule has 3 rings (SSSR count). The Morgan fingerprint density at radius 3 is 2.95 bits per heavy atom. The first kappa shape index (κ1) is 13.6. The van der Waals surface area contributed by atoms with Gasteiger partial charge in [-0.3, -0.25) is 0 Å². The van der Waals surface area contributed by atoms with Gasteiger partial charge >= 0.3 is 0 Å². The average molecular weight is 282 g/mol. The fraction of sp³-hybridized carbons (Fsp3) is 0.250. The summed E-state index contributed by atoms with van der Waals surface area (Å²) in [5.41, 5.74) is 4.34. The predicted octanol–water partition coefficient (Wildman–Crippen LogP) is 2.80. The molecule has 1 N–H and O–H groups in total. The number of benzene rings is 1. The lowest BCUT2D eigenvalue weighted by Crippen LogP contribution is -2.04. The second-order valence-corrected chi connectivity index (χ2v) is 5.00. The Bertz CT molecular complexity index is 751. The van der Waals surface area contributed by atoms with Gasteiger partial charge in [0.2, 0.25) is 0 Å². The van der Waals surface area contributed by atoms with Crippen molar-refractivity contribution in [3.05, 3.63) is 59.5 Å². The second kappa shape index (κ2) is 5.93. The molecule has 0 bridgehead atoms. The van der Waals surface area contributed by atoms with E-state index in [4.69, 9.17) is 4.74 Å². The van der Waals surface area contributed by atoms with Gasteiger partial charge in [-0.2, -0.15) is 5.10 Å². The molecule has 5 heteroatoms. The van der Waals surface area contributed by atoms with E-state index in [0.29, 0.717) is 13.2 Å². The zero-order chi connectivity index (χ0) is 14.7. The third-order valence-electron chi connectivity index (χ3n) is 3.27. The Morgan fingerprint density at radius 1 is 1.24 bits per heavy atom. The zero-order valence-corrected chi connectivity index (χ0v) is 12.2. The molecule has 5 nitrogen and oxygen atoms in total. The van der Waals surface area contributed by atoms with E-state index >= 15 is 0 Å². The van der Waals surface area contributed by atoms with Gasteiger partial charge in [0.1, 0.15) is 5.52 Å². The minimum absolute atomic E-state index is 0.628. The molecule has 108 valence electrons. The summed E-state index contributed by atoms with van der Waals surface area (Å²) in [5, 5.41) is 7.76. The topological polar surface area (TPSA) is 51.5 Å². The fourth-order valence-corrected chi connectivity index (χ4v) is 2.36. The van der Waals surface area contributed by atoms with Crippen LogP contribution >= 0.6 is 0 Å². The van der Waals surface area contributed by atoms with Crippen LogP contribution in [0.1, 0.15) is 16.8 Å². The molecule has 3 aromatic rings. The first-order valence-electron chi connectivity index (χ1n) is 6.88. The molecule has 0 unspecified atom stereocenters. The van der Waals surface area contributed by atoms with Crippen LogP contribution in [0.5, 0.6) is 0 Å². The molecule has 0 radical (unpaired) electrons. The van der Waals surface area contributed by atoms with Crippen LogP contribution < -0.4 is 5.32 Å². The predicted molar refractivity (Wildman–Crippen MR) is 82.2 cm³/mol. The van der Waals surface area contributed by atoms with Gasteiger partial charge in [-0.1, -0.05) is 24.3 Å². The minimum atomic E-state index is 0.628. The summed E-state index contributed by atoms with van der Waals surface area (Å²) in [7, 11) is 1.71. The van der Waals surface area contributed by atoms with E-state index in [0.717, 1.165) is 17.0 Å². The Balaban J connectivity index is 1.78. The van der Waals surface area contributed by atoms with E-state index < -0.39 is 0 Å². The van der Waals surface area contributed by atoms with Crippen molar-refractivity contribution in [3.8, 4) is 0 Å². The van der Waals surface area contributed by atoms with Gasteiger partial charge in [-0.25, -0.2) is 9.50 Å². The monoisotopic (exact) mass is 282 g/mol. The van der Waals surface area contributed by atoms with Gasteiger partial charge in [-0.15, -0.1) is 0 Å². The Labute approximate surface area is 123 Å². The first-order chi connectivity index (χ1) is 10.3. The molecule has 2 heterocycles. The highest BCUT2D eigenvalue weighted by atomic mass is 16.5. The number of fused-ring (bicyclic) bond motifs is 1. The van der Waals surface area contributed by atoms with Crippen LogP contribution in [-0.2, 0) is 17.9 Å². The first-order valence-corrected chi connectivity index (χ1v) is 6.88. The van der Waals surface area contributed by atoms with Crippen LogP contribution in [0.4, 0.5) is 5.82 Å². The lowest BCUT2D eigenvalue weighted by atomic mass is 10.1. The van der Waals surface area contributed by atoms with Crippen molar-refractivity contribution in [1.82, 2.24) is 14.6 Å². The van der Waals surface area contributed by atoms with Gasteiger partial charge in [0.05, 0.1) is 12.3 Å². The number of aryl methyl sites for hydroxylation is 1. The molecule has 0 saturated carbocycles. The van der Waals surface area contributed by atoms with E-state index in [9.17, 15) is 0 Å². The summed E-state index contributed by atoms with van der Waals surface area (Å²) in [6.07, 6.45) is 3.61. The largest absolute Gasteiger partial charge is 0.380 e. The molecule has 0 amide bonds. The number of ether oxygens (including phenoxy) is 1. The quantitative estimate of drug-likeness (QED) is 0.782. The maximum atomic E-state index is 5.16. The second-order valence-electron chi connectivity index (χ2n) is 5.00. The number of rotatable bonds is 5. The number of anilines is 1. The summed E-state index contributed by atoms with van der Waals surface area (Å²) in [4.78, 5) is 4.40.